The molecule has 0 saturated carbocycles. The normalized spacial score (nSPS) is 18.6. The Labute approximate surface area is 212 Å². The van der Waals surface area contributed by atoms with Crippen LogP contribution in [-0.2, 0) is 10.3 Å². The van der Waals surface area contributed by atoms with E-state index in [1.165, 1.54) is 0 Å². The van der Waals surface area contributed by atoms with Gasteiger partial charge in [-0.25, -0.2) is 9.78 Å². The molecule has 1 N–H and O–H groups in total. The lowest BCUT2D eigenvalue weighted by Crippen LogP contribution is -2.51. The van der Waals surface area contributed by atoms with Crippen LogP contribution in [0.25, 0.3) is 0 Å². The fourth-order valence-electron chi connectivity index (χ4n) is 4.66. The SMILES string of the molecule is COc1cc(C#Cc2ccc([C@H](C)N3CCC(CC(C)(C)O)(c4ccccc4)OC3=O)cc2)ccn1. The van der Waals surface area contributed by atoms with Crippen LogP contribution in [0.1, 0.15) is 61.9 Å². The number of carbonyl (C=O) groups is 1. The standard InChI is InChI=1S/C30H32N2O4/c1-22(25-14-12-23(13-15-25)10-11-24-16-18-31-27(20-24)35-4)32-19-17-30(36-28(32)33,21-29(2,3)34)26-8-6-5-7-9-26/h5-9,12-16,18,20,22,34H,17,19,21H2,1-4H3/t22-,30?/m0/s1. The van der Waals surface area contributed by atoms with Crippen molar-refractivity contribution in [1.82, 2.24) is 9.88 Å². The molecular formula is C30H32N2O4. The summed E-state index contributed by atoms with van der Waals surface area (Å²) in [4.78, 5) is 19.1. The summed E-state index contributed by atoms with van der Waals surface area (Å²) < 4.78 is 11.3. The van der Waals surface area contributed by atoms with Crippen LogP contribution in [0.5, 0.6) is 5.88 Å². The summed E-state index contributed by atoms with van der Waals surface area (Å²) in [6.45, 7) is 6.01. The van der Waals surface area contributed by atoms with Crippen molar-refractivity contribution in [2.75, 3.05) is 13.7 Å². The maximum atomic E-state index is 13.2. The Morgan fingerprint density at radius 3 is 2.44 bits per heavy atom. The van der Waals surface area contributed by atoms with Crippen LogP contribution in [0, 0.1) is 11.8 Å². The minimum Gasteiger partial charge on any atom is -0.481 e. The number of amides is 1. The van der Waals surface area contributed by atoms with Gasteiger partial charge < -0.3 is 19.5 Å². The lowest BCUT2D eigenvalue weighted by Gasteiger charge is -2.45. The van der Waals surface area contributed by atoms with Gasteiger partial charge in [0, 0.05) is 42.8 Å². The van der Waals surface area contributed by atoms with Crippen molar-refractivity contribution in [3.63, 3.8) is 0 Å². The molecule has 0 aliphatic carbocycles. The number of nitrogens with zero attached hydrogens (tertiary/aromatic N) is 2. The number of methoxy groups -OCH3 is 1. The van der Waals surface area contributed by atoms with Crippen LogP contribution in [0.4, 0.5) is 4.79 Å². The smallest absolute Gasteiger partial charge is 0.411 e. The summed E-state index contributed by atoms with van der Waals surface area (Å²) in [5.41, 5.74) is 1.75. The number of hydrogen-bond acceptors (Lipinski definition) is 5. The van der Waals surface area contributed by atoms with E-state index in [-0.39, 0.29) is 12.1 Å². The zero-order chi connectivity index (χ0) is 25.8. The van der Waals surface area contributed by atoms with Gasteiger partial charge in [0.1, 0.15) is 5.60 Å². The second-order valence-electron chi connectivity index (χ2n) is 9.80. The van der Waals surface area contributed by atoms with Crippen molar-refractivity contribution >= 4 is 6.09 Å². The number of pyridine rings is 1. The quantitative estimate of drug-likeness (QED) is 0.471. The maximum Gasteiger partial charge on any atom is 0.411 e. The number of rotatable bonds is 6. The lowest BCUT2D eigenvalue weighted by molar-refractivity contribution is -0.101. The number of aromatic nitrogens is 1. The zero-order valence-corrected chi connectivity index (χ0v) is 21.2. The topological polar surface area (TPSA) is 71.9 Å². The molecule has 2 aromatic carbocycles. The Morgan fingerprint density at radius 2 is 1.81 bits per heavy atom. The molecule has 1 aromatic heterocycles. The van der Waals surface area contributed by atoms with Crippen LogP contribution in [0.2, 0.25) is 0 Å². The molecule has 1 unspecified atom stereocenters. The Kier molecular flexibility index (Phi) is 7.32. The average Bonchev–Trinajstić information content (AvgIpc) is 2.87. The largest absolute Gasteiger partial charge is 0.481 e. The molecule has 1 aliphatic heterocycles. The summed E-state index contributed by atoms with van der Waals surface area (Å²) in [6, 6.07) is 21.1. The summed E-state index contributed by atoms with van der Waals surface area (Å²) in [6.07, 6.45) is 2.21. The molecule has 1 aliphatic rings. The minimum atomic E-state index is -0.984. The number of hydrogen-bond donors (Lipinski definition) is 1. The Morgan fingerprint density at radius 1 is 1.11 bits per heavy atom. The van der Waals surface area contributed by atoms with Crippen LogP contribution >= 0.6 is 0 Å². The molecule has 1 saturated heterocycles. The third-order valence-corrected chi connectivity index (χ3v) is 6.45. The molecular weight excluding hydrogens is 452 g/mol. The van der Waals surface area contributed by atoms with Gasteiger partial charge in [0.15, 0.2) is 0 Å². The van der Waals surface area contributed by atoms with Gasteiger partial charge in [-0.1, -0.05) is 54.3 Å². The first-order chi connectivity index (χ1) is 17.2. The monoisotopic (exact) mass is 484 g/mol. The zero-order valence-electron chi connectivity index (χ0n) is 21.2. The molecule has 1 fully saturated rings. The second-order valence-corrected chi connectivity index (χ2v) is 9.80. The van der Waals surface area contributed by atoms with E-state index in [0.29, 0.717) is 25.3 Å². The van der Waals surface area contributed by atoms with E-state index in [2.05, 4.69) is 16.8 Å². The van der Waals surface area contributed by atoms with Gasteiger partial charge in [0.25, 0.3) is 0 Å². The van der Waals surface area contributed by atoms with E-state index in [9.17, 15) is 9.90 Å². The molecule has 0 radical (unpaired) electrons. The molecule has 1 amide bonds. The Bertz CT molecular complexity index is 1260. The molecule has 0 spiro atoms. The van der Waals surface area contributed by atoms with Crippen molar-refractivity contribution in [3.8, 4) is 17.7 Å². The van der Waals surface area contributed by atoms with E-state index < -0.39 is 11.2 Å². The van der Waals surface area contributed by atoms with Crippen molar-refractivity contribution in [1.29, 1.82) is 0 Å². The number of carbonyl (C=O) groups excluding carboxylic acids is 1. The van der Waals surface area contributed by atoms with E-state index in [4.69, 9.17) is 9.47 Å². The number of ether oxygens (including phenoxy) is 2. The van der Waals surface area contributed by atoms with Crippen LogP contribution in [0.3, 0.4) is 0 Å². The molecule has 4 rings (SSSR count). The van der Waals surface area contributed by atoms with E-state index >= 15 is 0 Å². The van der Waals surface area contributed by atoms with Gasteiger partial charge in [-0.2, -0.15) is 0 Å². The molecule has 6 nitrogen and oxygen atoms in total. The van der Waals surface area contributed by atoms with Crippen LogP contribution < -0.4 is 4.74 Å². The third-order valence-electron chi connectivity index (χ3n) is 6.45. The summed E-state index contributed by atoms with van der Waals surface area (Å²) in [5.74, 6) is 6.80. The van der Waals surface area contributed by atoms with Crippen LogP contribution in [-0.4, -0.2) is 40.3 Å². The van der Waals surface area contributed by atoms with Crippen molar-refractivity contribution in [2.24, 2.45) is 0 Å². The van der Waals surface area contributed by atoms with Crippen molar-refractivity contribution < 1.29 is 19.4 Å². The number of cyclic esters (lactones) is 1. The minimum absolute atomic E-state index is 0.167. The summed E-state index contributed by atoms with van der Waals surface area (Å²) in [5, 5.41) is 10.6. The van der Waals surface area contributed by atoms with Gasteiger partial charge in [-0.3, -0.25) is 0 Å². The third kappa shape index (κ3) is 5.87. The van der Waals surface area contributed by atoms with Gasteiger partial charge in [-0.05, 0) is 50.1 Å². The fourth-order valence-corrected chi connectivity index (χ4v) is 4.66. The van der Waals surface area contributed by atoms with Gasteiger partial charge in [-0.15, -0.1) is 0 Å². The highest BCUT2D eigenvalue weighted by Gasteiger charge is 2.46. The first-order valence-electron chi connectivity index (χ1n) is 12.1. The second kappa shape index (κ2) is 10.4. The number of benzene rings is 2. The Hall–Kier alpha value is -3.82. The number of aliphatic hydroxyl groups is 1. The van der Waals surface area contributed by atoms with Crippen molar-refractivity contribution in [2.45, 2.75) is 50.9 Å². The molecule has 6 heteroatoms. The molecule has 2 heterocycles. The first-order valence-corrected chi connectivity index (χ1v) is 12.1. The average molecular weight is 485 g/mol. The molecule has 36 heavy (non-hydrogen) atoms. The molecule has 2 atom stereocenters. The van der Waals surface area contributed by atoms with Crippen molar-refractivity contribution in [3.05, 3.63) is 95.2 Å². The summed E-state index contributed by atoms with van der Waals surface area (Å²) in [7, 11) is 1.58. The highest BCUT2D eigenvalue weighted by molar-refractivity contribution is 5.70. The predicted octanol–water partition coefficient (Wildman–Crippen LogP) is 5.45. The highest BCUT2D eigenvalue weighted by atomic mass is 16.6. The lowest BCUT2D eigenvalue weighted by atomic mass is 9.80. The van der Waals surface area contributed by atoms with E-state index in [1.54, 1.807) is 38.1 Å². The Balaban J connectivity index is 1.48. The van der Waals surface area contributed by atoms with Gasteiger partial charge in [0.05, 0.1) is 18.8 Å². The fraction of sp³-hybridized carbons (Fsp3) is 0.333. The van der Waals surface area contributed by atoms with Crippen LogP contribution in [0.15, 0.2) is 72.9 Å². The summed E-state index contributed by atoms with van der Waals surface area (Å²) >= 11 is 0. The maximum absolute atomic E-state index is 13.2. The molecule has 3 aromatic rings. The van der Waals surface area contributed by atoms with E-state index in [1.807, 2.05) is 67.6 Å². The first kappa shape index (κ1) is 25.3. The highest BCUT2D eigenvalue weighted by Crippen LogP contribution is 2.42. The predicted molar refractivity (Wildman–Crippen MR) is 138 cm³/mol. The van der Waals surface area contributed by atoms with Gasteiger partial charge >= 0.3 is 6.09 Å². The van der Waals surface area contributed by atoms with E-state index in [0.717, 1.165) is 22.3 Å². The molecule has 186 valence electrons. The van der Waals surface area contributed by atoms with Gasteiger partial charge in [0.2, 0.25) is 5.88 Å². The molecule has 0 bridgehead atoms.